The predicted octanol–water partition coefficient (Wildman–Crippen LogP) is 1.69. The maximum Gasteiger partial charge on any atom is 0.148 e. The Bertz CT molecular complexity index is 446. The van der Waals surface area contributed by atoms with E-state index < -0.39 is 0 Å². The Kier molecular flexibility index (Phi) is 2.05. The third-order valence-corrected chi connectivity index (χ3v) is 2.08. The first-order valence-electron chi connectivity index (χ1n) is 4.04. The van der Waals surface area contributed by atoms with E-state index in [4.69, 9.17) is 23.1 Å². The molecule has 0 bridgehead atoms. The lowest BCUT2D eigenvalue weighted by Crippen LogP contribution is -2.01. The first kappa shape index (κ1) is 8.90. The molecule has 0 aliphatic carbocycles. The molecule has 0 fully saturated rings. The van der Waals surface area contributed by atoms with Gasteiger partial charge in [0.2, 0.25) is 0 Å². The van der Waals surface area contributed by atoms with Gasteiger partial charge in [-0.15, -0.1) is 5.10 Å². The fraction of sp³-hybridized carbons (Fsp3) is 0. The van der Waals surface area contributed by atoms with Crippen LogP contribution in [0.1, 0.15) is 0 Å². The van der Waals surface area contributed by atoms with Crippen molar-refractivity contribution in [3.05, 3.63) is 35.4 Å². The van der Waals surface area contributed by atoms with Crippen molar-refractivity contribution >= 4 is 23.2 Å². The number of anilines is 2. The van der Waals surface area contributed by atoms with Crippen molar-refractivity contribution in [2.75, 3.05) is 11.5 Å². The van der Waals surface area contributed by atoms with Crippen LogP contribution in [0.4, 0.5) is 11.6 Å². The Hall–Kier alpha value is -1.68. The normalized spacial score (nSPS) is 10.4. The SMILES string of the molecule is Nc1cc(N)n(-c2ccc(Cl)cc2)n1. The Morgan fingerprint density at radius 1 is 1.14 bits per heavy atom. The van der Waals surface area contributed by atoms with Gasteiger partial charge in [-0.1, -0.05) is 11.6 Å². The van der Waals surface area contributed by atoms with Gasteiger partial charge >= 0.3 is 0 Å². The van der Waals surface area contributed by atoms with Gasteiger partial charge in [0, 0.05) is 11.1 Å². The minimum Gasteiger partial charge on any atom is -0.384 e. The number of halogens is 1. The second kappa shape index (κ2) is 3.23. The van der Waals surface area contributed by atoms with E-state index in [9.17, 15) is 0 Å². The molecule has 4 nitrogen and oxygen atoms in total. The molecule has 0 spiro atoms. The van der Waals surface area contributed by atoms with Crippen LogP contribution in [-0.4, -0.2) is 9.78 Å². The molecular formula is C9H9ClN4. The zero-order valence-electron chi connectivity index (χ0n) is 7.31. The van der Waals surface area contributed by atoms with Gasteiger partial charge in [0.05, 0.1) is 5.69 Å². The number of nitrogens with zero attached hydrogens (tertiary/aromatic N) is 2. The van der Waals surface area contributed by atoms with Crippen molar-refractivity contribution in [2.24, 2.45) is 0 Å². The van der Waals surface area contributed by atoms with Crippen molar-refractivity contribution in [1.29, 1.82) is 0 Å². The van der Waals surface area contributed by atoms with Crippen LogP contribution in [0.5, 0.6) is 0 Å². The molecule has 1 aromatic carbocycles. The van der Waals surface area contributed by atoms with Crippen molar-refractivity contribution in [3.8, 4) is 5.69 Å². The predicted molar refractivity (Wildman–Crippen MR) is 57.4 cm³/mol. The van der Waals surface area contributed by atoms with Crippen molar-refractivity contribution < 1.29 is 0 Å². The van der Waals surface area contributed by atoms with Crippen LogP contribution in [0, 0.1) is 0 Å². The number of hydrogen-bond donors (Lipinski definition) is 2. The maximum atomic E-state index is 5.76. The number of benzene rings is 1. The highest BCUT2D eigenvalue weighted by Gasteiger charge is 2.03. The third kappa shape index (κ3) is 1.52. The summed E-state index contributed by atoms with van der Waals surface area (Å²) in [6.07, 6.45) is 0. The molecule has 4 N–H and O–H groups in total. The van der Waals surface area contributed by atoms with E-state index in [0.29, 0.717) is 16.7 Å². The summed E-state index contributed by atoms with van der Waals surface area (Å²) >= 11 is 5.76. The average Bonchev–Trinajstić information content (AvgIpc) is 2.47. The summed E-state index contributed by atoms with van der Waals surface area (Å²) in [5.41, 5.74) is 12.0. The third-order valence-electron chi connectivity index (χ3n) is 1.83. The minimum absolute atomic E-state index is 0.400. The van der Waals surface area contributed by atoms with Gasteiger partial charge < -0.3 is 11.5 Å². The van der Waals surface area contributed by atoms with Crippen LogP contribution >= 0.6 is 11.6 Å². The van der Waals surface area contributed by atoms with E-state index in [2.05, 4.69) is 5.10 Å². The average molecular weight is 209 g/mol. The van der Waals surface area contributed by atoms with Gasteiger partial charge in [-0.2, -0.15) is 0 Å². The molecule has 0 atom stereocenters. The summed E-state index contributed by atoms with van der Waals surface area (Å²) in [5.74, 6) is 0.905. The van der Waals surface area contributed by atoms with Gasteiger partial charge in [-0.3, -0.25) is 0 Å². The molecule has 1 heterocycles. The summed E-state index contributed by atoms with van der Waals surface area (Å²) in [4.78, 5) is 0. The molecule has 2 aromatic rings. The zero-order chi connectivity index (χ0) is 10.1. The molecule has 14 heavy (non-hydrogen) atoms. The summed E-state index contributed by atoms with van der Waals surface area (Å²) in [5, 5.41) is 4.71. The molecule has 72 valence electrons. The standard InChI is InChI=1S/C9H9ClN4/c10-6-1-3-7(4-2-6)14-9(12)5-8(11)13-14/h1-5H,12H2,(H2,11,13). The molecule has 0 saturated heterocycles. The number of nitrogens with two attached hydrogens (primary N) is 2. The molecule has 0 unspecified atom stereocenters. The van der Waals surface area contributed by atoms with Gasteiger partial charge in [-0.05, 0) is 24.3 Å². The molecule has 5 heteroatoms. The van der Waals surface area contributed by atoms with Crippen LogP contribution < -0.4 is 11.5 Å². The second-order valence-corrected chi connectivity index (χ2v) is 3.32. The summed E-state index contributed by atoms with van der Waals surface area (Å²) in [6, 6.07) is 8.80. The van der Waals surface area contributed by atoms with Crippen LogP contribution in [0.2, 0.25) is 5.02 Å². The molecule has 0 saturated carbocycles. The number of nitrogen functional groups attached to an aromatic ring is 2. The Labute approximate surface area is 86.1 Å². The van der Waals surface area contributed by atoms with Crippen LogP contribution in [0.25, 0.3) is 5.69 Å². The first-order chi connectivity index (χ1) is 6.66. The number of aromatic nitrogens is 2. The van der Waals surface area contributed by atoms with Gasteiger partial charge in [0.1, 0.15) is 11.6 Å². The first-order valence-corrected chi connectivity index (χ1v) is 4.41. The Balaban J connectivity index is 2.49. The minimum atomic E-state index is 0.400. The van der Waals surface area contributed by atoms with Gasteiger partial charge in [-0.25, -0.2) is 4.68 Å². The highest BCUT2D eigenvalue weighted by Crippen LogP contribution is 2.17. The fourth-order valence-electron chi connectivity index (χ4n) is 1.20. The van der Waals surface area contributed by atoms with Crippen LogP contribution in [0.3, 0.4) is 0 Å². The molecular weight excluding hydrogens is 200 g/mol. The smallest absolute Gasteiger partial charge is 0.148 e. The number of hydrogen-bond acceptors (Lipinski definition) is 3. The highest BCUT2D eigenvalue weighted by atomic mass is 35.5. The van der Waals surface area contributed by atoms with Crippen molar-refractivity contribution in [3.63, 3.8) is 0 Å². The van der Waals surface area contributed by atoms with Crippen molar-refractivity contribution in [2.45, 2.75) is 0 Å². The van der Waals surface area contributed by atoms with E-state index in [1.165, 1.54) is 0 Å². The molecule has 1 aromatic heterocycles. The lowest BCUT2D eigenvalue weighted by molar-refractivity contribution is 0.897. The molecule has 0 aliphatic rings. The van der Waals surface area contributed by atoms with E-state index in [-0.39, 0.29) is 0 Å². The summed E-state index contributed by atoms with van der Waals surface area (Å²) in [6.45, 7) is 0. The van der Waals surface area contributed by atoms with E-state index in [1.54, 1.807) is 22.9 Å². The van der Waals surface area contributed by atoms with Gasteiger partial charge in [0.15, 0.2) is 0 Å². The van der Waals surface area contributed by atoms with E-state index in [1.807, 2.05) is 12.1 Å². The van der Waals surface area contributed by atoms with Crippen LogP contribution in [-0.2, 0) is 0 Å². The summed E-state index contributed by atoms with van der Waals surface area (Å²) in [7, 11) is 0. The summed E-state index contributed by atoms with van der Waals surface area (Å²) < 4.78 is 1.56. The lowest BCUT2D eigenvalue weighted by Gasteiger charge is -2.02. The Morgan fingerprint density at radius 3 is 2.29 bits per heavy atom. The van der Waals surface area contributed by atoms with E-state index >= 15 is 0 Å². The highest BCUT2D eigenvalue weighted by molar-refractivity contribution is 6.30. The monoisotopic (exact) mass is 208 g/mol. The fourth-order valence-corrected chi connectivity index (χ4v) is 1.33. The van der Waals surface area contributed by atoms with Crippen LogP contribution in [0.15, 0.2) is 30.3 Å². The molecule has 0 amide bonds. The second-order valence-electron chi connectivity index (χ2n) is 2.88. The van der Waals surface area contributed by atoms with E-state index in [0.717, 1.165) is 5.69 Å². The lowest BCUT2D eigenvalue weighted by atomic mass is 10.3. The molecule has 0 aliphatic heterocycles. The number of rotatable bonds is 1. The van der Waals surface area contributed by atoms with Crippen molar-refractivity contribution in [1.82, 2.24) is 9.78 Å². The molecule has 0 radical (unpaired) electrons. The molecule has 2 rings (SSSR count). The quantitative estimate of drug-likeness (QED) is 0.749. The Morgan fingerprint density at radius 2 is 1.79 bits per heavy atom. The van der Waals surface area contributed by atoms with Gasteiger partial charge in [0.25, 0.3) is 0 Å². The topological polar surface area (TPSA) is 69.9 Å². The zero-order valence-corrected chi connectivity index (χ0v) is 8.07. The maximum absolute atomic E-state index is 5.76. The largest absolute Gasteiger partial charge is 0.384 e.